The van der Waals surface area contributed by atoms with E-state index in [9.17, 15) is 9.59 Å². The Kier molecular flexibility index (Phi) is 5.57. The van der Waals surface area contributed by atoms with Gasteiger partial charge in [-0.1, -0.05) is 54.8 Å². The van der Waals surface area contributed by atoms with Crippen molar-refractivity contribution in [1.82, 2.24) is 4.90 Å². The molecule has 0 unspecified atom stereocenters. The standard InChI is InChI=1S/C16H15NO4S2/c1-3-8-21-12-7-5-4-6-11(12)9-13-14(18)17(16(22)23-13)10(2)15(19)20/h3-7,9-10H,1,8H2,2H3,(H,19,20)/b13-9+/t10-/m0/s1. The van der Waals surface area contributed by atoms with Gasteiger partial charge in [-0.25, -0.2) is 4.79 Å². The molecule has 1 aliphatic heterocycles. The zero-order valence-corrected chi connectivity index (χ0v) is 14.0. The molecule has 5 nitrogen and oxygen atoms in total. The molecule has 0 aliphatic carbocycles. The largest absolute Gasteiger partial charge is 0.489 e. The Labute approximate surface area is 143 Å². The number of thioether (sulfide) groups is 1. The lowest BCUT2D eigenvalue weighted by Gasteiger charge is -2.18. The van der Waals surface area contributed by atoms with Crippen LogP contribution in [0.5, 0.6) is 5.75 Å². The summed E-state index contributed by atoms with van der Waals surface area (Å²) in [4.78, 5) is 25.0. The normalized spacial score (nSPS) is 17.4. The van der Waals surface area contributed by atoms with E-state index >= 15 is 0 Å². The van der Waals surface area contributed by atoms with Crippen LogP contribution in [0.1, 0.15) is 12.5 Å². The number of carbonyl (C=O) groups is 2. The van der Waals surface area contributed by atoms with Gasteiger partial charge in [-0.15, -0.1) is 0 Å². The lowest BCUT2D eigenvalue weighted by Crippen LogP contribution is -2.41. The summed E-state index contributed by atoms with van der Waals surface area (Å²) in [6.45, 7) is 5.38. The fourth-order valence-electron chi connectivity index (χ4n) is 1.95. The van der Waals surface area contributed by atoms with E-state index < -0.39 is 17.9 Å². The summed E-state index contributed by atoms with van der Waals surface area (Å²) >= 11 is 6.21. The Bertz CT molecular complexity index is 699. The molecule has 0 aromatic heterocycles. The highest BCUT2D eigenvalue weighted by Crippen LogP contribution is 2.35. The summed E-state index contributed by atoms with van der Waals surface area (Å²) in [6.07, 6.45) is 3.29. The fourth-order valence-corrected chi connectivity index (χ4v) is 3.35. The van der Waals surface area contributed by atoms with E-state index in [1.165, 1.54) is 6.92 Å². The van der Waals surface area contributed by atoms with Crippen LogP contribution in [0.25, 0.3) is 6.08 Å². The van der Waals surface area contributed by atoms with Crippen LogP contribution in [-0.2, 0) is 9.59 Å². The fraction of sp³-hybridized carbons (Fsp3) is 0.188. The second-order valence-corrected chi connectivity index (χ2v) is 6.38. The second-order valence-electron chi connectivity index (χ2n) is 4.70. The molecule has 1 saturated heterocycles. The van der Waals surface area contributed by atoms with E-state index in [4.69, 9.17) is 22.1 Å². The predicted octanol–water partition coefficient (Wildman–Crippen LogP) is 2.93. The van der Waals surface area contributed by atoms with Gasteiger partial charge in [-0.2, -0.15) is 0 Å². The highest BCUT2D eigenvalue weighted by atomic mass is 32.2. The van der Waals surface area contributed by atoms with Gasteiger partial charge in [0, 0.05) is 5.56 Å². The molecule has 0 saturated carbocycles. The van der Waals surface area contributed by atoms with Crippen LogP contribution in [0.4, 0.5) is 0 Å². The van der Waals surface area contributed by atoms with Crippen molar-refractivity contribution in [2.24, 2.45) is 0 Å². The highest BCUT2D eigenvalue weighted by Gasteiger charge is 2.38. The molecule has 1 aromatic carbocycles. The third kappa shape index (κ3) is 3.80. The Morgan fingerprint density at radius 3 is 2.87 bits per heavy atom. The number of aliphatic carboxylic acids is 1. The Morgan fingerprint density at radius 2 is 2.22 bits per heavy atom. The van der Waals surface area contributed by atoms with Gasteiger partial charge in [0.2, 0.25) is 0 Å². The first-order valence-electron chi connectivity index (χ1n) is 6.78. The number of ether oxygens (including phenoxy) is 1. The van der Waals surface area contributed by atoms with Crippen LogP contribution in [-0.4, -0.2) is 38.9 Å². The topological polar surface area (TPSA) is 66.8 Å². The molecule has 1 fully saturated rings. The van der Waals surface area contributed by atoms with Crippen LogP contribution >= 0.6 is 24.0 Å². The van der Waals surface area contributed by atoms with Crippen molar-refractivity contribution in [3.63, 3.8) is 0 Å². The van der Waals surface area contributed by atoms with E-state index in [2.05, 4.69) is 6.58 Å². The minimum absolute atomic E-state index is 0.237. The van der Waals surface area contributed by atoms with Crippen molar-refractivity contribution in [2.45, 2.75) is 13.0 Å². The summed E-state index contributed by atoms with van der Waals surface area (Å²) in [7, 11) is 0. The summed E-state index contributed by atoms with van der Waals surface area (Å²) in [5.74, 6) is -0.894. The van der Waals surface area contributed by atoms with Crippen LogP contribution < -0.4 is 4.74 Å². The average molecular weight is 349 g/mol. The number of hydrogen-bond donors (Lipinski definition) is 1. The number of para-hydroxylation sites is 1. The molecule has 23 heavy (non-hydrogen) atoms. The Balaban J connectivity index is 2.31. The molecule has 0 bridgehead atoms. The maximum Gasteiger partial charge on any atom is 0.326 e. The first-order valence-corrected chi connectivity index (χ1v) is 8.00. The zero-order chi connectivity index (χ0) is 17.0. The van der Waals surface area contributed by atoms with Gasteiger partial charge in [0.05, 0.1) is 4.91 Å². The van der Waals surface area contributed by atoms with Gasteiger partial charge in [-0.3, -0.25) is 9.69 Å². The van der Waals surface area contributed by atoms with Gasteiger partial charge in [0.1, 0.15) is 22.7 Å². The van der Waals surface area contributed by atoms with E-state index in [-0.39, 0.29) is 4.32 Å². The molecule has 7 heteroatoms. The lowest BCUT2D eigenvalue weighted by molar-refractivity contribution is -0.144. The van der Waals surface area contributed by atoms with Crippen LogP contribution in [0.2, 0.25) is 0 Å². The maximum absolute atomic E-state index is 12.4. The van der Waals surface area contributed by atoms with Gasteiger partial charge < -0.3 is 9.84 Å². The molecule has 1 aliphatic rings. The number of carboxylic acids is 1. The van der Waals surface area contributed by atoms with Crippen molar-refractivity contribution < 1.29 is 19.4 Å². The van der Waals surface area contributed by atoms with E-state index in [1.54, 1.807) is 18.2 Å². The van der Waals surface area contributed by atoms with Gasteiger partial charge in [-0.05, 0) is 19.1 Å². The molecule has 1 N–H and O–H groups in total. The van der Waals surface area contributed by atoms with Crippen molar-refractivity contribution in [2.75, 3.05) is 6.61 Å². The number of hydrogen-bond acceptors (Lipinski definition) is 5. The first-order chi connectivity index (χ1) is 11.0. The molecule has 120 valence electrons. The Morgan fingerprint density at radius 1 is 1.52 bits per heavy atom. The average Bonchev–Trinajstić information content (AvgIpc) is 2.79. The number of nitrogens with zero attached hydrogens (tertiary/aromatic N) is 1. The summed E-state index contributed by atoms with van der Waals surface area (Å²) in [5, 5.41) is 9.08. The zero-order valence-electron chi connectivity index (χ0n) is 12.4. The molecule has 1 atom stereocenters. The van der Waals surface area contributed by atoms with Crippen LogP contribution in [0.15, 0.2) is 41.8 Å². The predicted molar refractivity (Wildman–Crippen MR) is 94.2 cm³/mol. The summed E-state index contributed by atoms with van der Waals surface area (Å²) in [5.41, 5.74) is 0.720. The molecule has 1 aromatic rings. The molecule has 1 heterocycles. The smallest absolute Gasteiger partial charge is 0.326 e. The minimum atomic E-state index is -1.10. The summed E-state index contributed by atoms with van der Waals surface area (Å²) in [6, 6.07) is 6.25. The van der Waals surface area contributed by atoms with Crippen LogP contribution in [0.3, 0.4) is 0 Å². The number of amides is 1. The number of benzene rings is 1. The molecule has 0 spiro atoms. The maximum atomic E-state index is 12.4. The SMILES string of the molecule is C=CCOc1ccccc1/C=C1/SC(=S)N([C@@H](C)C(=O)O)C1=O. The molecular formula is C16H15NO4S2. The summed E-state index contributed by atoms with van der Waals surface area (Å²) < 4.78 is 5.78. The monoisotopic (exact) mass is 349 g/mol. The highest BCUT2D eigenvalue weighted by molar-refractivity contribution is 8.26. The number of carbonyl (C=O) groups excluding carboxylic acids is 1. The number of thiocarbonyl (C=S) groups is 1. The molecular weight excluding hydrogens is 334 g/mol. The van der Waals surface area contributed by atoms with Gasteiger partial charge >= 0.3 is 5.97 Å². The van der Waals surface area contributed by atoms with Crippen molar-refractivity contribution in [3.05, 3.63) is 47.4 Å². The van der Waals surface area contributed by atoms with E-state index in [0.29, 0.717) is 17.3 Å². The van der Waals surface area contributed by atoms with Crippen molar-refractivity contribution in [1.29, 1.82) is 0 Å². The quantitative estimate of drug-likeness (QED) is 0.484. The van der Waals surface area contributed by atoms with Crippen LogP contribution in [0, 0.1) is 0 Å². The number of carboxylic acid groups (broad SMARTS) is 1. The minimum Gasteiger partial charge on any atom is -0.489 e. The molecule has 0 radical (unpaired) electrons. The third-order valence-corrected chi connectivity index (χ3v) is 4.46. The second kappa shape index (κ2) is 7.43. The van der Waals surface area contributed by atoms with Crippen molar-refractivity contribution in [3.8, 4) is 5.75 Å². The molecule has 2 rings (SSSR count). The molecule has 1 amide bonds. The van der Waals surface area contributed by atoms with Gasteiger partial charge in [0.25, 0.3) is 5.91 Å². The van der Waals surface area contributed by atoms with Crippen molar-refractivity contribution >= 4 is 46.3 Å². The van der Waals surface area contributed by atoms with E-state index in [0.717, 1.165) is 22.2 Å². The first kappa shape index (κ1) is 17.2. The van der Waals surface area contributed by atoms with E-state index in [1.807, 2.05) is 18.2 Å². The lowest BCUT2D eigenvalue weighted by atomic mass is 10.2. The Hall–Kier alpha value is -2.12. The number of rotatable bonds is 6. The van der Waals surface area contributed by atoms with Gasteiger partial charge in [0.15, 0.2) is 0 Å². The third-order valence-electron chi connectivity index (χ3n) is 3.13.